The summed E-state index contributed by atoms with van der Waals surface area (Å²) < 4.78 is 28.5. The second kappa shape index (κ2) is 12.5. The normalized spacial score (nSPS) is 12.0. The molecule has 0 aliphatic heterocycles. The van der Waals surface area contributed by atoms with Crippen molar-refractivity contribution >= 4 is 27.5 Å². The molecule has 2 amide bonds. The zero-order valence-electron chi connectivity index (χ0n) is 21.8. The fourth-order valence-corrected chi connectivity index (χ4v) is 5.24. The van der Waals surface area contributed by atoms with E-state index in [-0.39, 0.29) is 17.3 Å². The fraction of sp³-hybridized carbons (Fsp3) is 0.310. The summed E-state index contributed by atoms with van der Waals surface area (Å²) in [5.41, 5.74) is 3.23. The van der Waals surface area contributed by atoms with Crippen molar-refractivity contribution in [1.82, 2.24) is 10.2 Å². The van der Waals surface area contributed by atoms with Crippen LogP contribution in [-0.2, 0) is 26.2 Å². The van der Waals surface area contributed by atoms with Gasteiger partial charge in [-0.3, -0.25) is 13.9 Å². The number of para-hydroxylation sites is 1. The van der Waals surface area contributed by atoms with Crippen LogP contribution in [0.15, 0.2) is 83.8 Å². The number of hydrogen-bond donors (Lipinski definition) is 1. The summed E-state index contributed by atoms with van der Waals surface area (Å²) in [6, 6.07) is 22.0. The van der Waals surface area contributed by atoms with Gasteiger partial charge in [-0.05, 0) is 57.0 Å². The molecule has 3 aromatic carbocycles. The van der Waals surface area contributed by atoms with E-state index in [2.05, 4.69) is 5.32 Å². The van der Waals surface area contributed by atoms with E-state index >= 15 is 0 Å². The van der Waals surface area contributed by atoms with Crippen LogP contribution in [0.2, 0.25) is 0 Å². The molecular formula is C29H35N3O4S. The number of aryl methyl sites for hydroxylation is 2. The molecule has 3 aromatic rings. The van der Waals surface area contributed by atoms with Gasteiger partial charge in [-0.1, -0.05) is 72.6 Å². The van der Waals surface area contributed by atoms with Crippen molar-refractivity contribution in [3.8, 4) is 0 Å². The van der Waals surface area contributed by atoms with E-state index in [1.807, 2.05) is 45.0 Å². The first-order valence-corrected chi connectivity index (χ1v) is 13.8. The van der Waals surface area contributed by atoms with Crippen LogP contribution in [0.4, 0.5) is 5.69 Å². The number of sulfonamides is 1. The number of carbonyl (C=O) groups is 2. The molecule has 0 aliphatic carbocycles. The van der Waals surface area contributed by atoms with Crippen molar-refractivity contribution in [3.05, 3.63) is 95.6 Å². The number of nitrogens with zero attached hydrogens (tertiary/aromatic N) is 2. The lowest BCUT2D eigenvalue weighted by Gasteiger charge is -2.32. The van der Waals surface area contributed by atoms with Gasteiger partial charge in [0, 0.05) is 13.1 Å². The Balaban J connectivity index is 1.98. The van der Waals surface area contributed by atoms with Gasteiger partial charge >= 0.3 is 0 Å². The van der Waals surface area contributed by atoms with Gasteiger partial charge in [0.2, 0.25) is 11.8 Å². The highest BCUT2D eigenvalue weighted by molar-refractivity contribution is 7.92. The van der Waals surface area contributed by atoms with Gasteiger partial charge in [0.15, 0.2) is 0 Å². The Bertz CT molecular complexity index is 1290. The van der Waals surface area contributed by atoms with Crippen LogP contribution in [-0.4, -0.2) is 44.3 Å². The molecule has 0 heterocycles. The highest BCUT2D eigenvalue weighted by Gasteiger charge is 2.32. The Labute approximate surface area is 220 Å². The van der Waals surface area contributed by atoms with E-state index in [1.165, 1.54) is 17.0 Å². The van der Waals surface area contributed by atoms with Crippen LogP contribution in [0.25, 0.3) is 0 Å². The minimum atomic E-state index is -4.05. The van der Waals surface area contributed by atoms with Crippen molar-refractivity contribution in [2.45, 2.75) is 51.6 Å². The van der Waals surface area contributed by atoms with Gasteiger partial charge in [-0.2, -0.15) is 0 Å². The number of rotatable bonds is 11. The minimum Gasteiger partial charge on any atom is -0.354 e. The lowest BCUT2D eigenvalue weighted by Crippen LogP contribution is -2.51. The zero-order valence-corrected chi connectivity index (χ0v) is 22.7. The second-order valence-electron chi connectivity index (χ2n) is 9.13. The van der Waals surface area contributed by atoms with Crippen molar-refractivity contribution < 1.29 is 18.0 Å². The van der Waals surface area contributed by atoms with Gasteiger partial charge in [0.25, 0.3) is 10.0 Å². The molecule has 8 heteroatoms. The van der Waals surface area contributed by atoms with E-state index in [0.29, 0.717) is 12.2 Å². The average Bonchev–Trinajstić information content (AvgIpc) is 2.90. The molecule has 0 spiro atoms. The van der Waals surface area contributed by atoms with E-state index < -0.39 is 28.5 Å². The number of benzene rings is 3. The maximum Gasteiger partial charge on any atom is 0.264 e. The van der Waals surface area contributed by atoms with Crippen molar-refractivity contribution in [2.75, 3.05) is 17.4 Å². The summed E-state index contributed by atoms with van der Waals surface area (Å²) in [4.78, 5) is 28.2. The first kappa shape index (κ1) is 27.9. The van der Waals surface area contributed by atoms with Crippen LogP contribution < -0.4 is 9.62 Å². The second-order valence-corrected chi connectivity index (χ2v) is 11.0. The molecule has 0 bridgehead atoms. The number of anilines is 1. The van der Waals surface area contributed by atoms with Gasteiger partial charge in [-0.25, -0.2) is 8.42 Å². The third-order valence-corrected chi connectivity index (χ3v) is 7.91. The number of amides is 2. The number of carbonyl (C=O) groups excluding carboxylic acids is 2. The van der Waals surface area contributed by atoms with Gasteiger partial charge in [0.1, 0.15) is 12.6 Å². The number of nitrogens with one attached hydrogen (secondary N) is 1. The van der Waals surface area contributed by atoms with Crippen LogP contribution >= 0.6 is 0 Å². The maximum atomic E-state index is 13.8. The molecule has 37 heavy (non-hydrogen) atoms. The predicted octanol–water partition coefficient (Wildman–Crippen LogP) is 4.44. The quantitative estimate of drug-likeness (QED) is 0.404. The maximum absolute atomic E-state index is 13.8. The summed E-state index contributed by atoms with van der Waals surface area (Å²) in [6.07, 6.45) is 0.765. The molecule has 0 aromatic heterocycles. The van der Waals surface area contributed by atoms with Crippen molar-refractivity contribution in [3.63, 3.8) is 0 Å². The van der Waals surface area contributed by atoms with E-state index in [9.17, 15) is 18.0 Å². The molecule has 0 unspecified atom stereocenters. The molecule has 0 aliphatic rings. The highest BCUT2D eigenvalue weighted by atomic mass is 32.2. The topological polar surface area (TPSA) is 86.8 Å². The standard InChI is InChI=1S/C29H35N3O4S/c1-5-19-30-29(34)24(4)31(20-25-15-11-22(2)12-16-25)28(33)21-32(26-9-7-6-8-10-26)37(35,36)27-17-13-23(3)14-18-27/h6-18,24H,5,19-21H2,1-4H3,(H,30,34)/t24-/m1/s1. The van der Waals surface area contributed by atoms with Crippen LogP contribution in [0.1, 0.15) is 37.0 Å². The van der Waals surface area contributed by atoms with Crippen LogP contribution in [0.5, 0.6) is 0 Å². The first-order chi connectivity index (χ1) is 17.6. The Kier molecular flexibility index (Phi) is 9.47. The molecule has 0 saturated heterocycles. The fourth-order valence-electron chi connectivity index (χ4n) is 3.83. The van der Waals surface area contributed by atoms with Crippen molar-refractivity contribution in [1.29, 1.82) is 0 Å². The smallest absolute Gasteiger partial charge is 0.264 e. The summed E-state index contributed by atoms with van der Waals surface area (Å²) in [5, 5.41) is 2.84. The SMILES string of the molecule is CCCNC(=O)[C@@H](C)N(Cc1ccc(C)cc1)C(=O)CN(c1ccccc1)S(=O)(=O)c1ccc(C)cc1. The lowest BCUT2D eigenvalue weighted by molar-refractivity contribution is -0.139. The number of hydrogen-bond acceptors (Lipinski definition) is 4. The van der Waals surface area contributed by atoms with Gasteiger partial charge < -0.3 is 10.2 Å². The van der Waals surface area contributed by atoms with E-state index in [1.54, 1.807) is 49.4 Å². The lowest BCUT2D eigenvalue weighted by atomic mass is 10.1. The molecule has 1 atom stereocenters. The summed E-state index contributed by atoms with van der Waals surface area (Å²) in [7, 11) is -4.05. The zero-order chi connectivity index (χ0) is 27.0. The average molecular weight is 522 g/mol. The molecule has 0 fully saturated rings. The summed E-state index contributed by atoms with van der Waals surface area (Å²) >= 11 is 0. The summed E-state index contributed by atoms with van der Waals surface area (Å²) in [6.45, 7) is 7.69. The monoisotopic (exact) mass is 521 g/mol. The molecular weight excluding hydrogens is 486 g/mol. The molecule has 0 radical (unpaired) electrons. The van der Waals surface area contributed by atoms with Crippen molar-refractivity contribution in [2.24, 2.45) is 0 Å². The molecule has 7 nitrogen and oxygen atoms in total. The van der Waals surface area contributed by atoms with E-state index in [4.69, 9.17) is 0 Å². The highest BCUT2D eigenvalue weighted by Crippen LogP contribution is 2.24. The largest absolute Gasteiger partial charge is 0.354 e. The molecule has 196 valence electrons. The summed E-state index contributed by atoms with van der Waals surface area (Å²) in [5.74, 6) is -0.755. The Hall–Kier alpha value is -3.65. The van der Waals surface area contributed by atoms with Gasteiger partial charge in [0.05, 0.1) is 10.6 Å². The molecule has 1 N–H and O–H groups in total. The van der Waals surface area contributed by atoms with Gasteiger partial charge in [-0.15, -0.1) is 0 Å². The van der Waals surface area contributed by atoms with E-state index in [0.717, 1.165) is 27.4 Å². The Morgan fingerprint density at radius 1 is 0.865 bits per heavy atom. The molecule has 0 saturated carbocycles. The third kappa shape index (κ3) is 7.20. The van der Waals surface area contributed by atoms with Crippen LogP contribution in [0, 0.1) is 13.8 Å². The van der Waals surface area contributed by atoms with Crippen LogP contribution in [0.3, 0.4) is 0 Å². The Morgan fingerprint density at radius 3 is 2.00 bits per heavy atom. The molecule has 3 rings (SSSR count). The Morgan fingerprint density at radius 2 is 1.43 bits per heavy atom. The minimum absolute atomic E-state index is 0.0913. The first-order valence-electron chi connectivity index (χ1n) is 12.4. The predicted molar refractivity (Wildman–Crippen MR) is 147 cm³/mol. The third-order valence-electron chi connectivity index (χ3n) is 6.12.